The molecule has 0 amide bonds. The Bertz CT molecular complexity index is 1320. The molecular formula is C26H22F5N3. The lowest BCUT2D eigenvalue weighted by molar-refractivity contribution is -0.136. The van der Waals surface area contributed by atoms with Gasteiger partial charge in [0.25, 0.3) is 0 Å². The van der Waals surface area contributed by atoms with Gasteiger partial charge in [0.1, 0.15) is 17.2 Å². The number of piperidine rings is 1. The number of alkyl halides is 3. The minimum Gasteiger partial charge on any atom is -0.372 e. The molecule has 1 aliphatic heterocycles. The molecule has 0 saturated carbocycles. The van der Waals surface area contributed by atoms with Gasteiger partial charge < -0.3 is 4.90 Å². The molecule has 1 aromatic heterocycles. The Labute approximate surface area is 193 Å². The Kier molecular flexibility index (Phi) is 5.75. The molecule has 0 N–H and O–H groups in total. The fourth-order valence-electron chi connectivity index (χ4n) is 4.59. The summed E-state index contributed by atoms with van der Waals surface area (Å²) in [5.74, 6) is -1.50. The van der Waals surface area contributed by atoms with Gasteiger partial charge in [0, 0.05) is 41.4 Å². The third-order valence-corrected chi connectivity index (χ3v) is 6.27. The molecule has 34 heavy (non-hydrogen) atoms. The third kappa shape index (κ3) is 4.24. The first kappa shape index (κ1) is 22.4. The molecule has 0 bridgehead atoms. The molecule has 3 aromatic carbocycles. The highest BCUT2D eigenvalue weighted by Gasteiger charge is 2.34. The summed E-state index contributed by atoms with van der Waals surface area (Å²) in [6, 6.07) is 14.7. The van der Waals surface area contributed by atoms with Gasteiger partial charge >= 0.3 is 6.18 Å². The summed E-state index contributed by atoms with van der Waals surface area (Å²) in [4.78, 5) is 2.29. The van der Waals surface area contributed by atoms with Crippen LogP contribution >= 0.6 is 0 Å². The van der Waals surface area contributed by atoms with Crippen LogP contribution in [0.1, 0.15) is 30.4 Å². The van der Waals surface area contributed by atoms with E-state index in [2.05, 4.69) is 10.00 Å². The van der Waals surface area contributed by atoms with E-state index in [1.807, 2.05) is 24.3 Å². The minimum absolute atomic E-state index is 0.133. The largest absolute Gasteiger partial charge is 0.418 e. The summed E-state index contributed by atoms with van der Waals surface area (Å²) in [5.41, 5.74) is 1.26. The highest BCUT2D eigenvalue weighted by Crippen LogP contribution is 2.38. The van der Waals surface area contributed by atoms with E-state index in [4.69, 9.17) is 0 Å². The highest BCUT2D eigenvalue weighted by atomic mass is 19.4. The minimum atomic E-state index is -4.59. The van der Waals surface area contributed by atoms with Gasteiger partial charge in [0.15, 0.2) is 0 Å². The van der Waals surface area contributed by atoms with Crippen LogP contribution in [0.2, 0.25) is 0 Å². The standard InChI is InChI=1S/C26H22F5N3/c27-19-10-7-18(23(28)15-19)16-34-25(21-5-4-6-22(24(21)32-34)26(29,30)31)17-8-11-20(12-9-17)33-13-2-1-3-14-33/h4-12,15H,1-3,13-14,16H2. The first-order valence-corrected chi connectivity index (χ1v) is 11.2. The average molecular weight is 471 g/mol. The quantitative estimate of drug-likeness (QED) is 0.298. The summed E-state index contributed by atoms with van der Waals surface area (Å²) in [7, 11) is 0. The number of anilines is 1. The maximum atomic E-state index is 14.4. The van der Waals surface area contributed by atoms with Crippen LogP contribution in [0.25, 0.3) is 22.2 Å². The molecule has 0 atom stereocenters. The number of rotatable bonds is 4. The topological polar surface area (TPSA) is 21.1 Å². The van der Waals surface area contributed by atoms with Gasteiger partial charge in [-0.05, 0) is 43.5 Å². The van der Waals surface area contributed by atoms with E-state index in [0.717, 1.165) is 49.8 Å². The van der Waals surface area contributed by atoms with Crippen LogP contribution in [0.4, 0.5) is 27.6 Å². The predicted octanol–water partition coefficient (Wildman–Crippen LogP) is 7.04. The van der Waals surface area contributed by atoms with Crippen LogP contribution in [0.5, 0.6) is 0 Å². The lowest BCUT2D eigenvalue weighted by Gasteiger charge is -2.28. The Morgan fingerprint density at radius 1 is 0.853 bits per heavy atom. The molecule has 4 aromatic rings. The molecule has 2 heterocycles. The molecule has 0 radical (unpaired) electrons. The SMILES string of the molecule is Fc1ccc(Cn2nc3c(C(F)(F)F)cccc3c2-c2ccc(N3CCCCC3)cc2)c(F)c1. The van der Waals surface area contributed by atoms with Crippen molar-refractivity contribution in [3.8, 4) is 11.3 Å². The van der Waals surface area contributed by atoms with Crippen LogP contribution < -0.4 is 4.90 Å². The van der Waals surface area contributed by atoms with Gasteiger partial charge in [-0.15, -0.1) is 0 Å². The first-order valence-electron chi connectivity index (χ1n) is 11.2. The predicted molar refractivity (Wildman–Crippen MR) is 122 cm³/mol. The lowest BCUT2D eigenvalue weighted by atomic mass is 10.0. The maximum absolute atomic E-state index is 14.4. The van der Waals surface area contributed by atoms with Gasteiger partial charge in [-0.1, -0.05) is 30.3 Å². The van der Waals surface area contributed by atoms with Crippen LogP contribution in [-0.4, -0.2) is 22.9 Å². The van der Waals surface area contributed by atoms with Crippen molar-refractivity contribution in [1.82, 2.24) is 9.78 Å². The van der Waals surface area contributed by atoms with Gasteiger partial charge in [-0.3, -0.25) is 4.68 Å². The van der Waals surface area contributed by atoms with Crippen molar-refractivity contribution in [3.63, 3.8) is 0 Å². The van der Waals surface area contributed by atoms with E-state index in [1.165, 1.54) is 23.2 Å². The maximum Gasteiger partial charge on any atom is 0.418 e. The van der Waals surface area contributed by atoms with Crippen molar-refractivity contribution in [2.24, 2.45) is 0 Å². The van der Waals surface area contributed by atoms with Crippen LogP contribution in [0.3, 0.4) is 0 Å². The molecule has 0 aliphatic carbocycles. The van der Waals surface area contributed by atoms with E-state index < -0.39 is 23.4 Å². The van der Waals surface area contributed by atoms with Crippen LogP contribution in [-0.2, 0) is 12.7 Å². The molecule has 3 nitrogen and oxygen atoms in total. The van der Waals surface area contributed by atoms with Crippen molar-refractivity contribution in [2.45, 2.75) is 32.0 Å². The number of benzene rings is 3. The Morgan fingerprint density at radius 3 is 2.26 bits per heavy atom. The zero-order chi connectivity index (χ0) is 23.9. The summed E-state index contributed by atoms with van der Waals surface area (Å²) in [5, 5.41) is 4.57. The van der Waals surface area contributed by atoms with Crippen LogP contribution in [0.15, 0.2) is 60.7 Å². The molecule has 176 valence electrons. The fraction of sp³-hybridized carbons (Fsp3) is 0.269. The van der Waals surface area contributed by atoms with E-state index >= 15 is 0 Å². The van der Waals surface area contributed by atoms with Crippen molar-refractivity contribution in [1.29, 1.82) is 0 Å². The van der Waals surface area contributed by atoms with Crippen molar-refractivity contribution < 1.29 is 22.0 Å². The highest BCUT2D eigenvalue weighted by molar-refractivity contribution is 5.95. The van der Waals surface area contributed by atoms with E-state index in [1.54, 1.807) is 6.07 Å². The van der Waals surface area contributed by atoms with Gasteiger partial charge in [0.2, 0.25) is 0 Å². The molecule has 0 unspecified atom stereocenters. The molecule has 1 saturated heterocycles. The number of aromatic nitrogens is 2. The van der Waals surface area contributed by atoms with Crippen molar-refractivity contribution in [3.05, 3.63) is 83.4 Å². The monoisotopic (exact) mass is 471 g/mol. The summed E-state index contributed by atoms with van der Waals surface area (Å²) in [6.45, 7) is 1.80. The third-order valence-electron chi connectivity index (χ3n) is 6.27. The number of hydrogen-bond donors (Lipinski definition) is 0. The number of halogens is 5. The first-order chi connectivity index (χ1) is 16.3. The number of nitrogens with zero attached hydrogens (tertiary/aromatic N) is 3. The van der Waals surface area contributed by atoms with Gasteiger partial charge in [-0.25, -0.2) is 8.78 Å². The van der Waals surface area contributed by atoms with E-state index in [-0.39, 0.29) is 17.6 Å². The van der Waals surface area contributed by atoms with Crippen molar-refractivity contribution >= 4 is 16.6 Å². The Morgan fingerprint density at radius 2 is 1.59 bits per heavy atom. The normalized spacial score (nSPS) is 14.7. The molecule has 0 spiro atoms. The fourth-order valence-corrected chi connectivity index (χ4v) is 4.59. The van der Waals surface area contributed by atoms with Gasteiger partial charge in [0.05, 0.1) is 17.8 Å². The number of hydrogen-bond acceptors (Lipinski definition) is 2. The van der Waals surface area contributed by atoms with E-state index in [9.17, 15) is 22.0 Å². The smallest absolute Gasteiger partial charge is 0.372 e. The second-order valence-corrected chi connectivity index (χ2v) is 8.54. The number of fused-ring (bicyclic) bond motifs is 1. The second-order valence-electron chi connectivity index (χ2n) is 8.54. The van der Waals surface area contributed by atoms with Gasteiger partial charge in [-0.2, -0.15) is 18.3 Å². The second kappa shape index (κ2) is 8.74. The average Bonchev–Trinajstić information content (AvgIpc) is 3.19. The zero-order valence-electron chi connectivity index (χ0n) is 18.2. The Balaban J connectivity index is 1.63. The molecule has 5 rings (SSSR count). The van der Waals surface area contributed by atoms with Crippen molar-refractivity contribution in [2.75, 3.05) is 18.0 Å². The Hall–Kier alpha value is -3.42. The van der Waals surface area contributed by atoms with Crippen LogP contribution in [0, 0.1) is 11.6 Å². The molecule has 8 heteroatoms. The molecular weight excluding hydrogens is 449 g/mol. The van der Waals surface area contributed by atoms with E-state index in [0.29, 0.717) is 16.6 Å². The zero-order valence-corrected chi connectivity index (χ0v) is 18.2. The summed E-state index contributed by atoms with van der Waals surface area (Å²) in [6.07, 6.45) is -1.12. The summed E-state index contributed by atoms with van der Waals surface area (Å²) >= 11 is 0. The molecule has 1 fully saturated rings. The lowest BCUT2D eigenvalue weighted by Crippen LogP contribution is -2.29. The molecule has 1 aliphatic rings. The summed E-state index contributed by atoms with van der Waals surface area (Å²) < 4.78 is 70.2.